The lowest BCUT2D eigenvalue weighted by molar-refractivity contribution is -0.118. The average molecular weight is 461 g/mol. The lowest BCUT2D eigenvalue weighted by atomic mass is 10.1. The summed E-state index contributed by atoms with van der Waals surface area (Å²) >= 11 is 0. The van der Waals surface area contributed by atoms with Crippen LogP contribution in [0, 0.1) is 5.82 Å². The van der Waals surface area contributed by atoms with Crippen LogP contribution in [0.1, 0.15) is 13.8 Å². The number of benzene rings is 1. The quantitative estimate of drug-likeness (QED) is 0.482. The number of primary amides is 1. The SMILES string of the molecule is COc1cccnc1-c1cnc2nc(-c3cc(N4C(C)=C(C(N)=O)OC4C)ccc3F)nn2c1. The fourth-order valence-electron chi connectivity index (χ4n) is 3.96. The van der Waals surface area contributed by atoms with Crippen LogP contribution in [0.4, 0.5) is 10.1 Å². The summed E-state index contributed by atoms with van der Waals surface area (Å²) < 4.78 is 27.2. The summed E-state index contributed by atoms with van der Waals surface area (Å²) in [6.07, 6.45) is 4.47. The maximum absolute atomic E-state index is 14.8. The van der Waals surface area contributed by atoms with Crippen molar-refractivity contribution in [3.8, 4) is 28.4 Å². The lowest BCUT2D eigenvalue weighted by Crippen LogP contribution is -2.27. The summed E-state index contributed by atoms with van der Waals surface area (Å²) in [6.45, 7) is 3.48. The largest absolute Gasteiger partial charge is 0.494 e. The molecule has 1 aliphatic heterocycles. The molecule has 0 radical (unpaired) electrons. The van der Waals surface area contributed by atoms with Crippen LogP contribution in [0.5, 0.6) is 5.75 Å². The third kappa shape index (κ3) is 3.47. The Balaban J connectivity index is 1.56. The number of hydrogen-bond donors (Lipinski definition) is 1. The zero-order valence-corrected chi connectivity index (χ0v) is 18.6. The standard InChI is InChI=1S/C23H20FN7O3/c1-12-20(21(25)32)34-13(2)31(12)15-6-7-17(24)16(9-15)22-28-23-27-10-14(11-30(23)29-22)19-18(33-3)5-4-8-26-19/h4-11,13H,1-3H3,(H2,25,32). The highest BCUT2D eigenvalue weighted by Crippen LogP contribution is 2.34. The van der Waals surface area contributed by atoms with Crippen LogP contribution < -0.4 is 15.4 Å². The molecule has 34 heavy (non-hydrogen) atoms. The van der Waals surface area contributed by atoms with Gasteiger partial charge in [-0.1, -0.05) is 0 Å². The maximum atomic E-state index is 14.8. The Morgan fingerprint density at radius 1 is 1.26 bits per heavy atom. The minimum atomic E-state index is -0.664. The van der Waals surface area contributed by atoms with Crippen molar-refractivity contribution in [1.82, 2.24) is 24.6 Å². The van der Waals surface area contributed by atoms with E-state index in [-0.39, 0.29) is 17.1 Å². The smallest absolute Gasteiger partial charge is 0.285 e. The first-order chi connectivity index (χ1) is 16.4. The Bertz CT molecular complexity index is 1470. The highest BCUT2D eigenvalue weighted by molar-refractivity contribution is 5.92. The van der Waals surface area contributed by atoms with Gasteiger partial charge in [-0.25, -0.2) is 13.9 Å². The molecule has 172 valence electrons. The van der Waals surface area contributed by atoms with E-state index < -0.39 is 18.0 Å². The third-order valence-electron chi connectivity index (χ3n) is 5.49. The molecule has 0 aliphatic carbocycles. The van der Waals surface area contributed by atoms with E-state index in [1.807, 2.05) is 0 Å². The molecule has 4 heterocycles. The van der Waals surface area contributed by atoms with Gasteiger partial charge in [-0.05, 0) is 44.2 Å². The number of anilines is 1. The zero-order valence-electron chi connectivity index (χ0n) is 18.6. The van der Waals surface area contributed by atoms with E-state index in [4.69, 9.17) is 15.2 Å². The average Bonchev–Trinajstić information content (AvgIpc) is 3.39. The number of pyridine rings is 1. The summed E-state index contributed by atoms with van der Waals surface area (Å²) in [6, 6.07) is 8.07. The highest BCUT2D eigenvalue weighted by atomic mass is 19.1. The molecule has 1 unspecified atom stereocenters. The Labute approximate surface area is 193 Å². The number of allylic oxidation sites excluding steroid dienone is 1. The van der Waals surface area contributed by atoms with E-state index >= 15 is 0 Å². The molecular formula is C23H20FN7O3. The third-order valence-corrected chi connectivity index (χ3v) is 5.49. The highest BCUT2D eigenvalue weighted by Gasteiger charge is 2.32. The van der Waals surface area contributed by atoms with Gasteiger partial charge in [0.1, 0.15) is 17.3 Å². The second-order valence-electron chi connectivity index (χ2n) is 7.61. The summed E-state index contributed by atoms with van der Waals surface area (Å²) in [5, 5.41) is 4.43. The van der Waals surface area contributed by atoms with E-state index in [1.165, 1.54) is 10.6 Å². The van der Waals surface area contributed by atoms with Gasteiger partial charge in [0, 0.05) is 29.8 Å². The van der Waals surface area contributed by atoms with Gasteiger partial charge in [0.2, 0.25) is 5.76 Å². The number of amides is 1. The normalized spacial score (nSPS) is 15.6. The number of aromatic nitrogens is 5. The molecule has 4 aromatic rings. The molecule has 0 fully saturated rings. The lowest BCUT2D eigenvalue weighted by Gasteiger charge is -2.24. The van der Waals surface area contributed by atoms with E-state index in [2.05, 4.69) is 20.1 Å². The number of ether oxygens (including phenoxy) is 2. The van der Waals surface area contributed by atoms with Gasteiger partial charge in [0.25, 0.3) is 11.7 Å². The van der Waals surface area contributed by atoms with Gasteiger partial charge in [0.15, 0.2) is 12.1 Å². The molecule has 2 N–H and O–H groups in total. The van der Waals surface area contributed by atoms with Crippen LogP contribution in [-0.2, 0) is 9.53 Å². The van der Waals surface area contributed by atoms with Gasteiger partial charge < -0.3 is 20.1 Å². The number of nitrogens with two attached hydrogens (primary N) is 1. The van der Waals surface area contributed by atoms with Crippen molar-refractivity contribution in [2.75, 3.05) is 12.0 Å². The first-order valence-electron chi connectivity index (χ1n) is 10.4. The molecule has 5 rings (SSSR count). The molecular weight excluding hydrogens is 441 g/mol. The minimum Gasteiger partial charge on any atom is -0.494 e. The maximum Gasteiger partial charge on any atom is 0.285 e. The monoisotopic (exact) mass is 461 g/mol. The van der Waals surface area contributed by atoms with E-state index in [9.17, 15) is 9.18 Å². The Hall–Kier alpha value is -4.54. The van der Waals surface area contributed by atoms with Gasteiger partial charge in [-0.2, -0.15) is 4.98 Å². The van der Waals surface area contributed by atoms with Crippen LogP contribution in [0.15, 0.2) is 60.4 Å². The number of nitrogens with zero attached hydrogens (tertiary/aromatic N) is 6. The predicted octanol–water partition coefficient (Wildman–Crippen LogP) is 2.90. The molecule has 1 atom stereocenters. The molecule has 11 heteroatoms. The first-order valence-corrected chi connectivity index (χ1v) is 10.4. The molecule has 3 aromatic heterocycles. The van der Waals surface area contributed by atoms with Crippen LogP contribution in [-0.4, -0.2) is 43.8 Å². The molecule has 0 spiro atoms. The fourth-order valence-corrected chi connectivity index (χ4v) is 3.96. The molecule has 0 bridgehead atoms. The van der Waals surface area contributed by atoms with Crippen molar-refractivity contribution in [3.05, 3.63) is 66.2 Å². The van der Waals surface area contributed by atoms with Gasteiger partial charge >= 0.3 is 0 Å². The van der Waals surface area contributed by atoms with Crippen LogP contribution in [0.2, 0.25) is 0 Å². The number of rotatable bonds is 5. The van der Waals surface area contributed by atoms with Crippen molar-refractivity contribution in [2.45, 2.75) is 20.1 Å². The van der Waals surface area contributed by atoms with Crippen molar-refractivity contribution < 1.29 is 18.7 Å². The zero-order chi connectivity index (χ0) is 24.0. The number of fused-ring (bicyclic) bond motifs is 1. The molecule has 1 aliphatic rings. The van der Waals surface area contributed by atoms with Gasteiger partial charge in [-0.15, -0.1) is 5.10 Å². The van der Waals surface area contributed by atoms with E-state index in [0.29, 0.717) is 34.2 Å². The second-order valence-corrected chi connectivity index (χ2v) is 7.61. The van der Waals surface area contributed by atoms with Gasteiger partial charge in [-0.3, -0.25) is 9.78 Å². The molecule has 10 nitrogen and oxygen atoms in total. The minimum absolute atomic E-state index is 0.0749. The van der Waals surface area contributed by atoms with Crippen molar-refractivity contribution in [3.63, 3.8) is 0 Å². The fraction of sp³-hybridized carbons (Fsp3) is 0.174. The second kappa shape index (κ2) is 8.10. The summed E-state index contributed by atoms with van der Waals surface area (Å²) in [5.41, 5.74) is 7.98. The van der Waals surface area contributed by atoms with Crippen molar-refractivity contribution in [2.24, 2.45) is 5.73 Å². The summed E-state index contributed by atoms with van der Waals surface area (Å²) in [4.78, 5) is 26.5. The Morgan fingerprint density at radius 2 is 2.09 bits per heavy atom. The van der Waals surface area contributed by atoms with Crippen LogP contribution in [0.3, 0.4) is 0 Å². The summed E-state index contributed by atoms with van der Waals surface area (Å²) in [5.74, 6) is -0.0577. The van der Waals surface area contributed by atoms with Crippen molar-refractivity contribution in [1.29, 1.82) is 0 Å². The Morgan fingerprint density at radius 3 is 2.82 bits per heavy atom. The summed E-state index contributed by atoms with van der Waals surface area (Å²) in [7, 11) is 1.56. The molecule has 0 saturated carbocycles. The van der Waals surface area contributed by atoms with Crippen LogP contribution >= 0.6 is 0 Å². The van der Waals surface area contributed by atoms with Crippen molar-refractivity contribution >= 4 is 17.4 Å². The number of carbonyl (C=O) groups is 1. The van der Waals surface area contributed by atoms with E-state index in [1.54, 1.807) is 68.7 Å². The number of halogens is 1. The topological polar surface area (TPSA) is 121 Å². The van der Waals surface area contributed by atoms with Crippen LogP contribution in [0.25, 0.3) is 28.4 Å². The first kappa shape index (κ1) is 21.3. The number of hydrogen-bond acceptors (Lipinski definition) is 8. The molecule has 0 saturated heterocycles. The Kier molecular flexibility index (Phi) is 5.08. The molecule has 1 amide bonds. The molecule has 1 aromatic carbocycles. The predicted molar refractivity (Wildman–Crippen MR) is 121 cm³/mol. The van der Waals surface area contributed by atoms with Gasteiger partial charge in [0.05, 0.1) is 18.4 Å². The number of carbonyl (C=O) groups excluding carboxylic acids is 1. The number of methoxy groups -OCH3 is 1. The van der Waals surface area contributed by atoms with E-state index in [0.717, 1.165) is 0 Å².